The number of ether oxygens (including phenoxy) is 2. The molecule has 2 heterocycles. The number of esters is 1. The molecule has 0 aliphatic carbocycles. The lowest BCUT2D eigenvalue weighted by molar-refractivity contribution is -0.116. The molecule has 1 aliphatic rings. The van der Waals surface area contributed by atoms with E-state index in [1.54, 1.807) is 0 Å². The van der Waals surface area contributed by atoms with Crippen molar-refractivity contribution in [3.63, 3.8) is 0 Å². The summed E-state index contributed by atoms with van der Waals surface area (Å²) in [5, 5.41) is 15.9. The van der Waals surface area contributed by atoms with Crippen LogP contribution in [0, 0.1) is 0 Å². The topological polar surface area (TPSA) is 110 Å². The molecule has 2 aromatic carbocycles. The Hall–Kier alpha value is -3.56. The number of aliphatic imine (C=N–C) groups is 1. The molecule has 1 fully saturated rings. The monoisotopic (exact) mass is 465 g/mol. The summed E-state index contributed by atoms with van der Waals surface area (Å²) in [5.74, 6) is 0.00503. The SMILES string of the molecule is COC(=O)c1cnc2ccc(/C=S3/CC(=O)NC3=N[C@@H](CO)c3ccccc3)cc2c1OC. The average molecular weight is 466 g/mol. The maximum absolute atomic E-state index is 12.2. The third kappa shape index (κ3) is 4.79. The second-order valence-electron chi connectivity index (χ2n) is 7.26. The number of methoxy groups -OCH3 is 2. The third-order valence-corrected chi connectivity index (χ3v) is 6.98. The van der Waals surface area contributed by atoms with Crippen molar-refractivity contribution in [1.82, 2.24) is 10.3 Å². The van der Waals surface area contributed by atoms with E-state index in [2.05, 4.69) is 15.3 Å². The number of benzene rings is 2. The van der Waals surface area contributed by atoms with Gasteiger partial charge in [0.2, 0.25) is 5.91 Å². The van der Waals surface area contributed by atoms with Gasteiger partial charge in [-0.2, -0.15) is 0 Å². The van der Waals surface area contributed by atoms with Crippen molar-refractivity contribution in [2.45, 2.75) is 6.04 Å². The van der Waals surface area contributed by atoms with E-state index >= 15 is 0 Å². The van der Waals surface area contributed by atoms with E-state index in [0.717, 1.165) is 11.1 Å². The van der Waals surface area contributed by atoms with Gasteiger partial charge in [0.05, 0.1) is 32.1 Å². The highest BCUT2D eigenvalue weighted by Crippen LogP contribution is 2.31. The van der Waals surface area contributed by atoms with Crippen LogP contribution in [0.2, 0.25) is 0 Å². The van der Waals surface area contributed by atoms with Crippen molar-refractivity contribution < 1.29 is 24.2 Å². The number of carbonyl (C=O) groups excluding carboxylic acids is 2. The zero-order chi connectivity index (χ0) is 23.4. The Morgan fingerprint density at radius 3 is 2.76 bits per heavy atom. The first-order valence-electron chi connectivity index (χ1n) is 10.2. The maximum Gasteiger partial charge on any atom is 0.343 e. The Labute approximate surface area is 193 Å². The predicted molar refractivity (Wildman–Crippen MR) is 129 cm³/mol. The zero-order valence-electron chi connectivity index (χ0n) is 18.1. The van der Waals surface area contributed by atoms with Crippen LogP contribution in [0.1, 0.15) is 27.5 Å². The third-order valence-electron chi connectivity index (χ3n) is 5.14. The highest BCUT2D eigenvalue weighted by molar-refractivity contribution is 8.29. The Bertz CT molecular complexity index is 1270. The molecule has 1 saturated heterocycles. The Balaban J connectivity index is 1.75. The van der Waals surface area contributed by atoms with Gasteiger partial charge in [0.25, 0.3) is 0 Å². The second kappa shape index (κ2) is 9.93. The number of hydrogen-bond donors (Lipinski definition) is 2. The van der Waals surface area contributed by atoms with Crippen LogP contribution in [-0.4, -0.2) is 59.1 Å². The van der Waals surface area contributed by atoms with Gasteiger partial charge in [0.15, 0.2) is 5.17 Å². The van der Waals surface area contributed by atoms with Gasteiger partial charge < -0.3 is 19.9 Å². The molecule has 170 valence electrons. The van der Waals surface area contributed by atoms with Crippen molar-refractivity contribution in [3.8, 4) is 5.75 Å². The van der Waals surface area contributed by atoms with Crippen LogP contribution in [-0.2, 0) is 9.53 Å². The number of carbonyl (C=O) groups is 2. The summed E-state index contributed by atoms with van der Waals surface area (Å²) in [6.45, 7) is -0.171. The fourth-order valence-electron chi connectivity index (χ4n) is 3.56. The van der Waals surface area contributed by atoms with Gasteiger partial charge in [0, 0.05) is 11.6 Å². The van der Waals surface area contributed by atoms with Crippen molar-refractivity contribution in [2.24, 2.45) is 4.99 Å². The minimum absolute atomic E-state index is 0.119. The number of hydrogen-bond acceptors (Lipinski definition) is 7. The number of aliphatic hydroxyl groups excluding tert-OH is 1. The highest BCUT2D eigenvalue weighted by atomic mass is 32.2. The van der Waals surface area contributed by atoms with Crippen molar-refractivity contribution in [3.05, 3.63) is 71.4 Å². The molecular formula is C24H23N3O5S. The molecule has 0 bridgehead atoms. The molecule has 0 radical (unpaired) electrons. The highest BCUT2D eigenvalue weighted by Gasteiger charge is 2.23. The molecule has 1 unspecified atom stereocenters. The summed E-state index contributed by atoms with van der Waals surface area (Å²) >= 11 is 0. The van der Waals surface area contributed by atoms with E-state index < -0.39 is 22.5 Å². The summed E-state index contributed by atoms with van der Waals surface area (Å²) < 4.78 is 10.3. The van der Waals surface area contributed by atoms with Crippen LogP contribution in [0.15, 0.2) is 59.7 Å². The van der Waals surface area contributed by atoms with Gasteiger partial charge in [-0.1, -0.05) is 36.4 Å². The number of nitrogens with one attached hydrogen (secondary N) is 1. The van der Waals surface area contributed by atoms with Crippen LogP contribution >= 0.6 is 10.5 Å². The van der Waals surface area contributed by atoms with E-state index in [0.29, 0.717) is 21.8 Å². The molecule has 2 atom stereocenters. The molecule has 1 aromatic heterocycles. The number of rotatable bonds is 6. The van der Waals surface area contributed by atoms with E-state index in [-0.39, 0.29) is 23.8 Å². The number of amides is 1. The molecule has 8 nitrogen and oxygen atoms in total. The minimum atomic E-state index is -0.609. The Morgan fingerprint density at radius 2 is 2.06 bits per heavy atom. The lowest BCUT2D eigenvalue weighted by Gasteiger charge is -2.12. The van der Waals surface area contributed by atoms with Crippen molar-refractivity contribution in [1.29, 1.82) is 0 Å². The molecule has 3 aromatic rings. The first kappa shape index (κ1) is 22.6. The van der Waals surface area contributed by atoms with Crippen molar-refractivity contribution >= 4 is 43.8 Å². The fraction of sp³-hybridized carbons (Fsp3) is 0.208. The van der Waals surface area contributed by atoms with E-state index in [1.807, 2.05) is 53.9 Å². The van der Waals surface area contributed by atoms with Crippen LogP contribution in [0.4, 0.5) is 0 Å². The first-order chi connectivity index (χ1) is 16.0. The Kier molecular flexibility index (Phi) is 6.81. The van der Waals surface area contributed by atoms with Gasteiger partial charge in [-0.25, -0.2) is 4.79 Å². The maximum atomic E-state index is 12.2. The molecule has 1 aliphatic heterocycles. The largest absolute Gasteiger partial charge is 0.495 e. The van der Waals surface area contributed by atoms with Gasteiger partial charge in [-0.3, -0.25) is 14.8 Å². The minimum Gasteiger partial charge on any atom is -0.495 e. The molecule has 0 saturated carbocycles. The molecular weight excluding hydrogens is 442 g/mol. The number of aromatic nitrogens is 1. The number of fused-ring (bicyclic) bond motifs is 1. The molecule has 0 spiro atoms. The number of aliphatic hydroxyl groups is 1. The first-order valence-corrected chi connectivity index (χ1v) is 11.6. The molecule has 9 heteroatoms. The van der Waals surface area contributed by atoms with Gasteiger partial charge in [-0.15, -0.1) is 10.5 Å². The summed E-state index contributed by atoms with van der Waals surface area (Å²) in [4.78, 5) is 33.3. The lowest BCUT2D eigenvalue weighted by Crippen LogP contribution is -2.21. The predicted octanol–water partition coefficient (Wildman–Crippen LogP) is 2.67. The fourth-order valence-corrected chi connectivity index (χ4v) is 5.23. The average Bonchev–Trinajstić information content (AvgIpc) is 3.19. The van der Waals surface area contributed by atoms with E-state index in [1.165, 1.54) is 20.4 Å². The molecule has 2 N–H and O–H groups in total. The standard InChI is InChI=1S/C24H23N3O5S/c1-31-22-17-10-15(8-9-19(17)25-11-18(22)23(30)32-2)13-33-14-21(29)27-24(33)26-20(12-28)16-6-4-3-5-7-16/h3-11,13,20,28H,12,14H2,1-2H3,(H,26,27,29)/t20-,33?/m0/s1. The van der Waals surface area contributed by atoms with Crippen molar-refractivity contribution in [2.75, 3.05) is 26.6 Å². The van der Waals surface area contributed by atoms with Gasteiger partial charge in [-0.05, 0) is 28.6 Å². The van der Waals surface area contributed by atoms with Crippen LogP contribution in [0.5, 0.6) is 5.75 Å². The summed E-state index contributed by atoms with van der Waals surface area (Å²) in [6.07, 6.45) is 1.43. The lowest BCUT2D eigenvalue weighted by atomic mass is 10.1. The summed E-state index contributed by atoms with van der Waals surface area (Å²) in [5.41, 5.74) is 2.60. The normalized spacial score (nSPS) is 17.8. The van der Waals surface area contributed by atoms with Crippen LogP contribution in [0.25, 0.3) is 10.9 Å². The van der Waals surface area contributed by atoms with Gasteiger partial charge >= 0.3 is 5.97 Å². The second-order valence-corrected chi connectivity index (χ2v) is 9.02. The van der Waals surface area contributed by atoms with Crippen LogP contribution < -0.4 is 10.1 Å². The smallest absolute Gasteiger partial charge is 0.343 e. The van der Waals surface area contributed by atoms with Crippen LogP contribution in [0.3, 0.4) is 0 Å². The zero-order valence-corrected chi connectivity index (χ0v) is 19.0. The number of amidine groups is 1. The molecule has 1 amide bonds. The number of pyridine rings is 1. The van der Waals surface area contributed by atoms with E-state index in [4.69, 9.17) is 9.47 Å². The van der Waals surface area contributed by atoms with E-state index in [9.17, 15) is 14.7 Å². The quantitative estimate of drug-likeness (QED) is 0.428. The summed E-state index contributed by atoms with van der Waals surface area (Å²) in [7, 11) is 2.18. The number of nitrogens with zero attached hydrogens (tertiary/aromatic N) is 2. The van der Waals surface area contributed by atoms with Gasteiger partial charge in [0.1, 0.15) is 17.4 Å². The summed E-state index contributed by atoms with van der Waals surface area (Å²) in [6, 6.07) is 14.6. The Morgan fingerprint density at radius 1 is 1.27 bits per heavy atom. The molecule has 33 heavy (non-hydrogen) atoms. The molecule has 4 rings (SSSR count).